The van der Waals surface area contributed by atoms with Gasteiger partial charge in [-0.25, -0.2) is 4.79 Å². The van der Waals surface area contributed by atoms with Gasteiger partial charge in [0.15, 0.2) is 5.56 Å². The number of ether oxygens (including phenoxy) is 2. The van der Waals surface area contributed by atoms with Crippen LogP contribution in [0.1, 0.15) is 5.56 Å². The van der Waals surface area contributed by atoms with Crippen LogP contribution in [0.5, 0.6) is 23.1 Å². The Balaban J connectivity index is 1.90. The Labute approximate surface area is 148 Å². The molecule has 0 saturated carbocycles. The van der Waals surface area contributed by atoms with Gasteiger partial charge in [0, 0.05) is 14.1 Å². The number of rotatable bonds is 4. The molecule has 26 heavy (non-hydrogen) atoms. The molecule has 7 heteroatoms. The van der Waals surface area contributed by atoms with E-state index < -0.39 is 11.2 Å². The van der Waals surface area contributed by atoms with E-state index in [2.05, 4.69) is 0 Å². The van der Waals surface area contributed by atoms with E-state index in [1.807, 2.05) is 30.3 Å². The maximum absolute atomic E-state index is 12.1. The number of hydrogen-bond donors (Lipinski definition) is 0. The quantitative estimate of drug-likeness (QED) is 0.722. The molecule has 3 aromatic rings. The highest BCUT2D eigenvalue weighted by Gasteiger charge is 2.17. The van der Waals surface area contributed by atoms with E-state index >= 15 is 0 Å². The summed E-state index contributed by atoms with van der Waals surface area (Å²) >= 11 is 0. The van der Waals surface area contributed by atoms with Crippen LogP contribution in [0.2, 0.25) is 0 Å². The Hall–Kier alpha value is -3.79. The minimum atomic E-state index is -0.699. The highest BCUT2D eigenvalue weighted by Crippen LogP contribution is 2.26. The largest absolute Gasteiger partial charge is 0.457 e. The summed E-state index contributed by atoms with van der Waals surface area (Å²) in [6.07, 6.45) is 0. The first-order valence-electron chi connectivity index (χ1n) is 7.72. The summed E-state index contributed by atoms with van der Waals surface area (Å²) in [5.41, 5.74) is -1.51. The zero-order valence-electron chi connectivity index (χ0n) is 14.2. The topological polar surface area (TPSA) is 86.2 Å². The second kappa shape index (κ2) is 6.99. The van der Waals surface area contributed by atoms with Gasteiger partial charge in [0.25, 0.3) is 5.56 Å². The number of hydrogen-bond acceptors (Lipinski definition) is 5. The molecule has 0 amide bonds. The number of aromatic nitrogens is 2. The van der Waals surface area contributed by atoms with Crippen LogP contribution in [0.3, 0.4) is 0 Å². The maximum atomic E-state index is 12.1. The normalized spacial score (nSPS) is 10.2. The molecule has 0 fully saturated rings. The molecule has 130 valence electrons. The Kier molecular flexibility index (Phi) is 4.58. The summed E-state index contributed by atoms with van der Waals surface area (Å²) in [6, 6.07) is 17.7. The fraction of sp³-hybridized carbons (Fsp3) is 0.105. The van der Waals surface area contributed by atoms with Crippen LogP contribution < -0.4 is 20.7 Å². The van der Waals surface area contributed by atoms with Gasteiger partial charge < -0.3 is 9.47 Å². The van der Waals surface area contributed by atoms with Crippen molar-refractivity contribution in [3.63, 3.8) is 0 Å². The monoisotopic (exact) mass is 349 g/mol. The summed E-state index contributed by atoms with van der Waals surface area (Å²) in [5.74, 6) is 1.56. The molecule has 0 aliphatic carbocycles. The van der Waals surface area contributed by atoms with E-state index in [0.29, 0.717) is 17.2 Å². The molecule has 0 spiro atoms. The molecule has 0 unspecified atom stereocenters. The number of benzene rings is 2. The first kappa shape index (κ1) is 17.0. The molecule has 1 aromatic heterocycles. The lowest BCUT2D eigenvalue weighted by Crippen LogP contribution is -2.38. The molecule has 7 nitrogen and oxygen atoms in total. The lowest BCUT2D eigenvalue weighted by Gasteiger charge is -2.13. The van der Waals surface area contributed by atoms with Crippen LogP contribution in [0, 0.1) is 11.3 Å². The van der Waals surface area contributed by atoms with Crippen molar-refractivity contribution in [1.82, 2.24) is 9.13 Å². The third-order valence-corrected chi connectivity index (χ3v) is 3.74. The predicted molar refractivity (Wildman–Crippen MR) is 94.7 cm³/mol. The molecule has 2 aromatic carbocycles. The van der Waals surface area contributed by atoms with Crippen molar-refractivity contribution in [2.45, 2.75) is 0 Å². The van der Waals surface area contributed by atoms with E-state index in [-0.39, 0.29) is 11.4 Å². The van der Waals surface area contributed by atoms with Gasteiger partial charge in [0.05, 0.1) is 0 Å². The van der Waals surface area contributed by atoms with Crippen molar-refractivity contribution in [1.29, 1.82) is 5.26 Å². The maximum Gasteiger partial charge on any atom is 0.333 e. The molecule has 0 N–H and O–H groups in total. The van der Waals surface area contributed by atoms with Gasteiger partial charge in [-0.15, -0.1) is 0 Å². The van der Waals surface area contributed by atoms with Crippen molar-refractivity contribution < 1.29 is 9.47 Å². The Morgan fingerprint density at radius 1 is 0.808 bits per heavy atom. The predicted octanol–water partition coefficient (Wildman–Crippen LogP) is 2.54. The fourth-order valence-corrected chi connectivity index (χ4v) is 2.35. The molecule has 0 radical (unpaired) electrons. The summed E-state index contributed by atoms with van der Waals surface area (Å²) in [5, 5.41) is 9.25. The molecule has 1 heterocycles. The fourth-order valence-electron chi connectivity index (χ4n) is 2.35. The third kappa shape index (κ3) is 3.21. The summed E-state index contributed by atoms with van der Waals surface area (Å²) in [6.45, 7) is 0. The smallest absolute Gasteiger partial charge is 0.333 e. The van der Waals surface area contributed by atoms with Gasteiger partial charge in [-0.1, -0.05) is 18.2 Å². The minimum Gasteiger partial charge on any atom is -0.457 e. The van der Waals surface area contributed by atoms with Crippen molar-refractivity contribution in [2.24, 2.45) is 14.1 Å². The van der Waals surface area contributed by atoms with Gasteiger partial charge in [-0.05, 0) is 36.4 Å². The molecule has 0 saturated heterocycles. The first-order chi connectivity index (χ1) is 12.5. The van der Waals surface area contributed by atoms with E-state index in [4.69, 9.17) is 9.47 Å². The minimum absolute atomic E-state index is 0.0997. The molecule has 0 aliphatic rings. The van der Waals surface area contributed by atoms with E-state index in [1.54, 1.807) is 30.3 Å². The summed E-state index contributed by atoms with van der Waals surface area (Å²) < 4.78 is 13.3. The number of nitrogens with zero attached hydrogens (tertiary/aromatic N) is 3. The van der Waals surface area contributed by atoms with Crippen LogP contribution in [-0.2, 0) is 14.1 Å². The summed E-state index contributed by atoms with van der Waals surface area (Å²) in [7, 11) is 2.75. The molecular formula is C19H15N3O4. The molecule has 0 bridgehead atoms. The molecule has 3 rings (SSSR count). The van der Waals surface area contributed by atoms with Crippen LogP contribution in [0.25, 0.3) is 0 Å². The Morgan fingerprint density at radius 3 is 1.92 bits per heavy atom. The van der Waals surface area contributed by atoms with Crippen molar-refractivity contribution in [3.8, 4) is 29.2 Å². The van der Waals surface area contributed by atoms with Crippen LogP contribution in [0.4, 0.5) is 0 Å². The SMILES string of the molecule is Cn1c(Oc2ccc(Oc3ccccc3)cc2)c(C#N)c(=O)n(C)c1=O. The average Bonchev–Trinajstić information content (AvgIpc) is 2.67. The Morgan fingerprint density at radius 2 is 1.35 bits per heavy atom. The molecule has 0 atom stereocenters. The second-order valence-corrected chi connectivity index (χ2v) is 5.49. The standard InChI is InChI=1S/C19H15N3O4/c1-21-17(23)16(12-20)18(22(2)19(21)24)26-15-10-8-14(9-11-15)25-13-6-4-3-5-7-13/h3-11H,1-2H3. The van der Waals surface area contributed by atoms with E-state index in [0.717, 1.165) is 9.13 Å². The van der Waals surface area contributed by atoms with E-state index in [1.165, 1.54) is 14.1 Å². The van der Waals surface area contributed by atoms with Gasteiger partial charge in [-0.3, -0.25) is 13.9 Å². The van der Waals surface area contributed by atoms with Gasteiger partial charge in [-0.2, -0.15) is 5.26 Å². The van der Waals surface area contributed by atoms with Gasteiger partial charge >= 0.3 is 5.69 Å². The highest BCUT2D eigenvalue weighted by molar-refractivity contribution is 5.41. The lowest BCUT2D eigenvalue weighted by molar-refractivity contribution is 0.419. The zero-order chi connectivity index (χ0) is 18.7. The lowest BCUT2D eigenvalue weighted by atomic mass is 10.3. The van der Waals surface area contributed by atoms with Gasteiger partial charge in [0.2, 0.25) is 5.88 Å². The number of nitriles is 1. The van der Waals surface area contributed by atoms with Crippen molar-refractivity contribution in [2.75, 3.05) is 0 Å². The molecule has 0 aliphatic heterocycles. The van der Waals surface area contributed by atoms with Crippen molar-refractivity contribution in [3.05, 3.63) is 81.0 Å². The van der Waals surface area contributed by atoms with Crippen LogP contribution in [-0.4, -0.2) is 9.13 Å². The molecular weight excluding hydrogens is 334 g/mol. The van der Waals surface area contributed by atoms with Gasteiger partial charge in [0.1, 0.15) is 23.3 Å². The Bertz CT molecular complexity index is 1090. The highest BCUT2D eigenvalue weighted by atomic mass is 16.5. The third-order valence-electron chi connectivity index (χ3n) is 3.74. The number of para-hydroxylation sites is 1. The first-order valence-corrected chi connectivity index (χ1v) is 7.72. The zero-order valence-corrected chi connectivity index (χ0v) is 14.2. The average molecular weight is 349 g/mol. The second-order valence-electron chi connectivity index (χ2n) is 5.49. The van der Waals surface area contributed by atoms with Crippen molar-refractivity contribution >= 4 is 0 Å². The van der Waals surface area contributed by atoms with Crippen LogP contribution >= 0.6 is 0 Å². The van der Waals surface area contributed by atoms with Crippen LogP contribution in [0.15, 0.2) is 64.2 Å². The van der Waals surface area contributed by atoms with E-state index in [9.17, 15) is 14.9 Å². The summed E-state index contributed by atoms with van der Waals surface area (Å²) in [4.78, 5) is 24.1.